The van der Waals surface area contributed by atoms with E-state index in [0.717, 1.165) is 24.1 Å². The van der Waals surface area contributed by atoms with Crippen LogP contribution >= 0.6 is 0 Å². The first kappa shape index (κ1) is 19.1. The number of halogens is 1. The molecular weight excluding hydrogens is 373 g/mol. The average Bonchev–Trinajstić information content (AvgIpc) is 3.55. The van der Waals surface area contributed by atoms with Crippen molar-refractivity contribution in [2.24, 2.45) is 10.9 Å². The zero-order valence-corrected chi connectivity index (χ0v) is 16.6. The topological polar surface area (TPSA) is 64.0 Å². The van der Waals surface area contributed by atoms with E-state index in [-0.39, 0.29) is 0 Å². The van der Waals surface area contributed by atoms with Crippen LogP contribution in [0.5, 0.6) is 5.75 Å². The maximum atomic E-state index is 13.8. The fourth-order valence-electron chi connectivity index (χ4n) is 3.50. The fraction of sp³-hybridized carbons (Fsp3) is 0.318. The van der Waals surface area contributed by atoms with Crippen molar-refractivity contribution < 1.29 is 18.7 Å². The van der Waals surface area contributed by atoms with Crippen LogP contribution in [0.2, 0.25) is 0 Å². The molecule has 0 atom stereocenters. The minimum Gasteiger partial charge on any atom is -0.497 e. The zero-order chi connectivity index (χ0) is 20.5. The van der Waals surface area contributed by atoms with Gasteiger partial charge < -0.3 is 14.4 Å². The Hall–Kier alpha value is -3.22. The molecule has 0 amide bonds. The van der Waals surface area contributed by atoms with Crippen molar-refractivity contribution in [3.8, 4) is 5.75 Å². The van der Waals surface area contributed by atoms with Crippen LogP contribution < -0.4 is 9.64 Å². The van der Waals surface area contributed by atoms with E-state index in [4.69, 9.17) is 9.47 Å². The predicted octanol–water partition coefficient (Wildman–Crippen LogP) is 3.59. The van der Waals surface area contributed by atoms with Crippen molar-refractivity contribution in [2.45, 2.75) is 19.3 Å². The van der Waals surface area contributed by atoms with Gasteiger partial charge in [0.05, 0.1) is 31.2 Å². The number of nitrogens with zero attached hydrogens (tertiary/aromatic N) is 3. The Kier molecular flexibility index (Phi) is 5.05. The number of amidine groups is 1. The molecule has 1 aromatic carbocycles. The highest BCUT2D eigenvalue weighted by Crippen LogP contribution is 2.36. The maximum absolute atomic E-state index is 13.8. The molecule has 0 radical (unpaired) electrons. The number of hydrogen-bond donors (Lipinski definition) is 0. The zero-order valence-electron chi connectivity index (χ0n) is 16.6. The van der Waals surface area contributed by atoms with Crippen molar-refractivity contribution in [3.63, 3.8) is 0 Å². The number of aliphatic imine (C=N–C) groups is 1. The molecule has 2 heterocycles. The van der Waals surface area contributed by atoms with Gasteiger partial charge in [0.25, 0.3) is 0 Å². The average molecular weight is 395 g/mol. The van der Waals surface area contributed by atoms with Gasteiger partial charge in [-0.2, -0.15) is 4.39 Å². The SMILES string of the molecule is COC(=O)C1=CN=C(c2ccc(F)nc2CC2CC2)N(C)c2ccc(OC)cc21. The maximum Gasteiger partial charge on any atom is 0.340 e. The number of rotatable bonds is 5. The Bertz CT molecular complexity index is 1030. The summed E-state index contributed by atoms with van der Waals surface area (Å²) in [6, 6.07) is 8.51. The van der Waals surface area contributed by atoms with E-state index in [9.17, 15) is 9.18 Å². The Morgan fingerprint density at radius 2 is 2.00 bits per heavy atom. The van der Waals surface area contributed by atoms with Gasteiger partial charge >= 0.3 is 5.97 Å². The highest BCUT2D eigenvalue weighted by molar-refractivity contribution is 6.22. The lowest BCUT2D eigenvalue weighted by molar-refractivity contribution is -0.133. The Morgan fingerprint density at radius 1 is 1.21 bits per heavy atom. The van der Waals surface area contributed by atoms with E-state index in [0.29, 0.717) is 40.8 Å². The summed E-state index contributed by atoms with van der Waals surface area (Å²) in [6.45, 7) is 0. The molecule has 2 aromatic rings. The van der Waals surface area contributed by atoms with Gasteiger partial charge in [-0.25, -0.2) is 14.8 Å². The van der Waals surface area contributed by atoms with E-state index in [1.165, 1.54) is 19.4 Å². The minimum absolute atomic E-state index is 0.321. The van der Waals surface area contributed by atoms with Crippen LogP contribution in [0, 0.1) is 11.9 Å². The molecule has 1 saturated carbocycles. The molecule has 29 heavy (non-hydrogen) atoms. The van der Waals surface area contributed by atoms with Gasteiger partial charge in [-0.3, -0.25) is 0 Å². The summed E-state index contributed by atoms with van der Waals surface area (Å²) in [4.78, 5) is 23.0. The summed E-state index contributed by atoms with van der Waals surface area (Å²) in [5, 5.41) is 0. The van der Waals surface area contributed by atoms with Crippen molar-refractivity contribution in [2.75, 3.05) is 26.2 Å². The highest BCUT2D eigenvalue weighted by atomic mass is 19.1. The van der Waals surface area contributed by atoms with Crippen molar-refractivity contribution in [3.05, 3.63) is 59.3 Å². The third kappa shape index (κ3) is 3.72. The van der Waals surface area contributed by atoms with E-state index in [1.54, 1.807) is 19.2 Å². The van der Waals surface area contributed by atoms with Crippen LogP contribution in [0.1, 0.15) is 29.7 Å². The molecule has 1 aromatic heterocycles. The molecule has 150 valence electrons. The second kappa shape index (κ2) is 7.66. The molecule has 4 rings (SSSR count). The van der Waals surface area contributed by atoms with Gasteiger partial charge in [0, 0.05) is 24.4 Å². The van der Waals surface area contributed by atoms with Crippen LogP contribution in [0.3, 0.4) is 0 Å². The summed E-state index contributed by atoms with van der Waals surface area (Å²) in [6.07, 6.45) is 4.47. The number of carbonyl (C=O) groups is 1. The third-order valence-electron chi connectivity index (χ3n) is 5.25. The molecule has 1 aliphatic heterocycles. The monoisotopic (exact) mass is 395 g/mol. The summed E-state index contributed by atoms with van der Waals surface area (Å²) in [5.41, 5.74) is 3.17. The number of aromatic nitrogens is 1. The van der Waals surface area contributed by atoms with E-state index in [2.05, 4.69) is 9.98 Å². The second-order valence-electron chi connectivity index (χ2n) is 7.20. The van der Waals surface area contributed by atoms with Crippen LogP contribution in [0.25, 0.3) is 5.57 Å². The molecule has 2 aliphatic rings. The van der Waals surface area contributed by atoms with Crippen LogP contribution in [0.15, 0.2) is 41.5 Å². The van der Waals surface area contributed by atoms with Crippen molar-refractivity contribution >= 4 is 23.1 Å². The van der Waals surface area contributed by atoms with Gasteiger partial charge in [0.1, 0.15) is 11.6 Å². The second-order valence-corrected chi connectivity index (χ2v) is 7.20. The number of hydrogen-bond acceptors (Lipinski definition) is 6. The number of carbonyl (C=O) groups excluding carboxylic acids is 1. The number of ether oxygens (including phenoxy) is 2. The standard InChI is InChI=1S/C22H22FN3O3/c1-26-19-8-6-14(28-2)11-16(19)17(22(27)29-3)12-24-21(26)15-7-9-20(23)25-18(15)10-13-4-5-13/h6-9,11-13H,4-5,10H2,1-3H3. The first-order chi connectivity index (χ1) is 14.0. The van der Waals surface area contributed by atoms with Crippen LogP contribution in [-0.4, -0.2) is 38.1 Å². The highest BCUT2D eigenvalue weighted by Gasteiger charge is 2.28. The molecule has 1 aliphatic carbocycles. The lowest BCUT2D eigenvalue weighted by atomic mass is 10.0. The van der Waals surface area contributed by atoms with Crippen LogP contribution in [-0.2, 0) is 16.0 Å². The summed E-state index contributed by atoms with van der Waals surface area (Å²) in [5.74, 6) is 0.759. The van der Waals surface area contributed by atoms with E-state index < -0.39 is 11.9 Å². The van der Waals surface area contributed by atoms with Crippen LogP contribution in [0.4, 0.5) is 10.1 Å². The van der Waals surface area contributed by atoms with E-state index >= 15 is 0 Å². The summed E-state index contributed by atoms with van der Waals surface area (Å²) < 4.78 is 24.1. The summed E-state index contributed by atoms with van der Waals surface area (Å²) >= 11 is 0. The smallest absolute Gasteiger partial charge is 0.340 e. The molecule has 0 spiro atoms. The molecular formula is C22H22FN3O3. The van der Waals surface area contributed by atoms with Gasteiger partial charge in [-0.1, -0.05) is 0 Å². The lowest BCUT2D eigenvalue weighted by Crippen LogP contribution is -2.29. The molecule has 1 fully saturated rings. The molecule has 0 N–H and O–H groups in total. The Labute approximate surface area is 168 Å². The quantitative estimate of drug-likeness (QED) is 0.572. The van der Waals surface area contributed by atoms with Crippen molar-refractivity contribution in [1.82, 2.24) is 4.98 Å². The Morgan fingerprint density at radius 3 is 2.69 bits per heavy atom. The van der Waals surface area contributed by atoms with Gasteiger partial charge in [-0.05, 0) is 55.5 Å². The first-order valence-electron chi connectivity index (χ1n) is 9.46. The molecule has 6 nitrogen and oxygen atoms in total. The van der Waals surface area contributed by atoms with Gasteiger partial charge in [0.2, 0.25) is 5.95 Å². The van der Waals surface area contributed by atoms with Crippen molar-refractivity contribution in [1.29, 1.82) is 0 Å². The predicted molar refractivity (Wildman–Crippen MR) is 109 cm³/mol. The summed E-state index contributed by atoms with van der Waals surface area (Å²) in [7, 11) is 4.77. The molecule has 0 bridgehead atoms. The molecule has 0 unspecified atom stereocenters. The normalized spacial score (nSPS) is 15.8. The molecule has 0 saturated heterocycles. The number of fused-ring (bicyclic) bond motifs is 1. The first-order valence-corrected chi connectivity index (χ1v) is 9.46. The number of benzene rings is 1. The van der Waals surface area contributed by atoms with E-state index in [1.807, 2.05) is 24.1 Å². The number of anilines is 1. The largest absolute Gasteiger partial charge is 0.497 e. The number of pyridine rings is 1. The van der Waals surface area contributed by atoms with Gasteiger partial charge in [0.15, 0.2) is 0 Å². The number of esters is 1. The lowest BCUT2D eigenvalue weighted by Gasteiger charge is -2.24. The minimum atomic E-state index is -0.503. The molecule has 7 heteroatoms. The third-order valence-corrected chi connectivity index (χ3v) is 5.25. The van der Waals surface area contributed by atoms with Gasteiger partial charge in [-0.15, -0.1) is 0 Å². The fourth-order valence-corrected chi connectivity index (χ4v) is 3.50. The Balaban J connectivity index is 1.86. The number of methoxy groups -OCH3 is 2.